The summed E-state index contributed by atoms with van der Waals surface area (Å²) in [5, 5.41) is 0.695. The number of aromatic nitrogens is 2. The minimum Gasteiger partial charge on any atom is -0.312 e. The summed E-state index contributed by atoms with van der Waals surface area (Å²) in [4.78, 5) is 30.9. The number of hydrogen-bond acceptors (Lipinski definition) is 4. The summed E-state index contributed by atoms with van der Waals surface area (Å²) >= 11 is 1.47. The highest BCUT2D eigenvalue weighted by Gasteiger charge is 2.30. The molecule has 0 saturated carbocycles. The molecule has 120 valence electrons. The van der Waals surface area contributed by atoms with Crippen LogP contribution in [-0.2, 0) is 11.3 Å². The Bertz CT molecular complexity index is 787. The van der Waals surface area contributed by atoms with Crippen molar-refractivity contribution in [3.05, 3.63) is 52.4 Å². The largest absolute Gasteiger partial charge is 0.312 e. The maximum absolute atomic E-state index is 12.9. The zero-order chi connectivity index (χ0) is 16.4. The number of aryl methyl sites for hydroxylation is 1. The molecule has 0 spiro atoms. The molecule has 23 heavy (non-hydrogen) atoms. The minimum atomic E-state index is -0.213. The van der Waals surface area contributed by atoms with Gasteiger partial charge in [0.1, 0.15) is 0 Å². The summed E-state index contributed by atoms with van der Waals surface area (Å²) in [6.45, 7) is 4.99. The Morgan fingerprint density at radius 3 is 3.00 bits per heavy atom. The van der Waals surface area contributed by atoms with Crippen molar-refractivity contribution in [3.63, 3.8) is 0 Å². The Balaban J connectivity index is 1.85. The average molecular weight is 329 g/mol. The second-order valence-corrected chi connectivity index (χ2v) is 6.59. The van der Waals surface area contributed by atoms with Gasteiger partial charge in [0, 0.05) is 36.8 Å². The predicted octanol–water partition coefficient (Wildman–Crippen LogP) is 2.33. The number of rotatable bonds is 3. The minimum absolute atomic E-state index is 0.0620. The van der Waals surface area contributed by atoms with Crippen molar-refractivity contribution < 1.29 is 4.79 Å². The third-order valence-electron chi connectivity index (χ3n) is 3.96. The van der Waals surface area contributed by atoms with Gasteiger partial charge in [-0.1, -0.05) is 23.9 Å². The molecule has 0 bridgehead atoms. The van der Waals surface area contributed by atoms with Gasteiger partial charge >= 0.3 is 0 Å². The van der Waals surface area contributed by atoms with Crippen molar-refractivity contribution in [2.24, 2.45) is 5.92 Å². The molecule has 5 nitrogen and oxygen atoms in total. The van der Waals surface area contributed by atoms with Crippen LogP contribution in [0.15, 0.2) is 46.5 Å². The lowest BCUT2D eigenvalue weighted by Crippen LogP contribution is -2.42. The number of fused-ring (bicyclic) bond motifs is 1. The number of carbonyl (C=O) groups excluding carboxylic acids is 1. The van der Waals surface area contributed by atoms with Crippen LogP contribution in [0.3, 0.4) is 0 Å². The van der Waals surface area contributed by atoms with E-state index >= 15 is 0 Å². The lowest BCUT2D eigenvalue weighted by atomic mass is 10.1. The van der Waals surface area contributed by atoms with Crippen LogP contribution in [0.2, 0.25) is 0 Å². The highest BCUT2D eigenvalue weighted by molar-refractivity contribution is 7.99. The van der Waals surface area contributed by atoms with Crippen LogP contribution in [0.1, 0.15) is 12.5 Å². The third-order valence-corrected chi connectivity index (χ3v) is 5.11. The lowest BCUT2D eigenvalue weighted by Gasteiger charge is -2.29. The molecule has 0 N–H and O–H groups in total. The molecule has 1 aliphatic rings. The Morgan fingerprint density at radius 1 is 1.43 bits per heavy atom. The fraction of sp³-hybridized carbons (Fsp3) is 0.353. The summed E-state index contributed by atoms with van der Waals surface area (Å²) in [6.07, 6.45) is 1.52. The quantitative estimate of drug-likeness (QED) is 0.811. The molecule has 0 aliphatic carbocycles. The number of anilines is 1. The standard InChI is InChI=1S/C17H19N3O2S/c1-3-19(14-6-4-5-12(2)9-14)16(22)13-10-20-15(21)7-8-18-17(20)23-11-13/h4-9,13H,3,10-11H2,1-2H3. The molecule has 1 aromatic carbocycles. The van der Waals surface area contributed by atoms with E-state index in [0.717, 1.165) is 11.3 Å². The zero-order valence-corrected chi connectivity index (χ0v) is 14.0. The maximum Gasteiger partial charge on any atom is 0.254 e. The first-order valence-electron chi connectivity index (χ1n) is 7.67. The molecule has 3 rings (SSSR count). The van der Waals surface area contributed by atoms with Crippen LogP contribution >= 0.6 is 11.8 Å². The first-order chi connectivity index (χ1) is 11.1. The second kappa shape index (κ2) is 6.58. The molecule has 0 saturated heterocycles. The van der Waals surface area contributed by atoms with Gasteiger partial charge in [-0.3, -0.25) is 14.2 Å². The lowest BCUT2D eigenvalue weighted by molar-refractivity contribution is -0.122. The molecule has 6 heteroatoms. The molecule has 2 aromatic rings. The maximum atomic E-state index is 12.9. The molecule has 1 aliphatic heterocycles. The number of nitrogens with zero attached hydrogens (tertiary/aromatic N) is 3. The van der Waals surface area contributed by atoms with Crippen LogP contribution in [-0.4, -0.2) is 27.8 Å². The summed E-state index contributed by atoms with van der Waals surface area (Å²) in [5.41, 5.74) is 1.93. The first-order valence-corrected chi connectivity index (χ1v) is 8.65. The van der Waals surface area contributed by atoms with Gasteiger partial charge in [0.2, 0.25) is 5.91 Å². The fourth-order valence-electron chi connectivity index (χ4n) is 2.78. The van der Waals surface area contributed by atoms with Crippen molar-refractivity contribution in [2.75, 3.05) is 17.2 Å². The van der Waals surface area contributed by atoms with E-state index in [1.54, 1.807) is 9.47 Å². The van der Waals surface area contributed by atoms with Gasteiger partial charge in [-0.15, -0.1) is 0 Å². The summed E-state index contributed by atoms with van der Waals surface area (Å²) in [7, 11) is 0. The molecule has 1 atom stereocenters. The van der Waals surface area contributed by atoms with Crippen LogP contribution in [0.5, 0.6) is 0 Å². The SMILES string of the molecule is CCN(C(=O)C1CSc2nccc(=O)n2C1)c1cccc(C)c1. The summed E-state index contributed by atoms with van der Waals surface area (Å²) in [6, 6.07) is 9.37. The van der Waals surface area contributed by atoms with Gasteiger partial charge in [0.05, 0.1) is 5.92 Å². The van der Waals surface area contributed by atoms with Gasteiger partial charge in [0.25, 0.3) is 5.56 Å². The predicted molar refractivity (Wildman–Crippen MR) is 91.9 cm³/mol. The van der Waals surface area contributed by atoms with Crippen molar-refractivity contribution in [1.82, 2.24) is 9.55 Å². The van der Waals surface area contributed by atoms with E-state index in [-0.39, 0.29) is 17.4 Å². The number of amides is 1. The molecule has 2 heterocycles. The van der Waals surface area contributed by atoms with Gasteiger partial charge < -0.3 is 4.90 Å². The van der Waals surface area contributed by atoms with Crippen molar-refractivity contribution in [1.29, 1.82) is 0 Å². The Hall–Kier alpha value is -2.08. The Kier molecular flexibility index (Phi) is 4.52. The van der Waals surface area contributed by atoms with Gasteiger partial charge in [-0.2, -0.15) is 0 Å². The fourth-order valence-corrected chi connectivity index (χ4v) is 3.84. The van der Waals surface area contributed by atoms with Gasteiger partial charge in [-0.25, -0.2) is 4.98 Å². The molecule has 1 unspecified atom stereocenters. The zero-order valence-electron chi connectivity index (χ0n) is 13.2. The van der Waals surface area contributed by atoms with Crippen LogP contribution < -0.4 is 10.5 Å². The van der Waals surface area contributed by atoms with Crippen LogP contribution in [0.25, 0.3) is 0 Å². The topological polar surface area (TPSA) is 55.2 Å². The molecule has 0 radical (unpaired) electrons. The highest BCUT2D eigenvalue weighted by atomic mass is 32.2. The molecule has 1 aromatic heterocycles. The number of benzene rings is 1. The molecule has 1 amide bonds. The van der Waals surface area contributed by atoms with Crippen LogP contribution in [0.4, 0.5) is 5.69 Å². The summed E-state index contributed by atoms with van der Waals surface area (Å²) < 4.78 is 1.60. The van der Waals surface area contributed by atoms with Crippen LogP contribution in [0, 0.1) is 12.8 Å². The number of carbonyl (C=O) groups is 1. The third kappa shape index (κ3) is 3.17. The Labute approximate surface area is 139 Å². The van der Waals surface area contributed by atoms with E-state index in [9.17, 15) is 9.59 Å². The van der Waals surface area contributed by atoms with Crippen molar-refractivity contribution in [3.8, 4) is 0 Å². The van der Waals surface area contributed by atoms with E-state index in [1.165, 1.54) is 24.0 Å². The first kappa shape index (κ1) is 15.8. The van der Waals surface area contributed by atoms with E-state index in [4.69, 9.17) is 0 Å². The number of hydrogen-bond donors (Lipinski definition) is 0. The van der Waals surface area contributed by atoms with E-state index in [0.29, 0.717) is 24.0 Å². The normalized spacial score (nSPS) is 16.7. The second-order valence-electron chi connectivity index (χ2n) is 5.61. The van der Waals surface area contributed by atoms with E-state index in [2.05, 4.69) is 4.98 Å². The smallest absolute Gasteiger partial charge is 0.254 e. The van der Waals surface area contributed by atoms with Crippen molar-refractivity contribution in [2.45, 2.75) is 25.5 Å². The Morgan fingerprint density at radius 2 is 2.26 bits per heavy atom. The van der Waals surface area contributed by atoms with E-state index < -0.39 is 0 Å². The highest BCUT2D eigenvalue weighted by Crippen LogP contribution is 2.27. The monoisotopic (exact) mass is 329 g/mol. The average Bonchev–Trinajstić information content (AvgIpc) is 2.55. The van der Waals surface area contributed by atoms with E-state index in [1.807, 2.05) is 38.1 Å². The molecular weight excluding hydrogens is 310 g/mol. The van der Waals surface area contributed by atoms with Crippen molar-refractivity contribution >= 4 is 23.4 Å². The molecular formula is C17H19N3O2S. The molecule has 0 fully saturated rings. The van der Waals surface area contributed by atoms with Gasteiger partial charge in [-0.05, 0) is 31.5 Å². The number of thioether (sulfide) groups is 1. The summed E-state index contributed by atoms with van der Waals surface area (Å²) in [5.74, 6) is 0.499. The van der Waals surface area contributed by atoms with Gasteiger partial charge in [0.15, 0.2) is 5.16 Å².